The average Bonchev–Trinajstić information content (AvgIpc) is 2.68. The Morgan fingerprint density at radius 2 is 2.20 bits per heavy atom. The normalized spacial score (nSPS) is 14.7. The quantitative estimate of drug-likeness (QED) is 0.842. The molecule has 1 amide bonds. The Labute approximate surface area is 94.3 Å². The van der Waals surface area contributed by atoms with Gasteiger partial charge in [-0.15, -0.1) is 11.3 Å². The van der Waals surface area contributed by atoms with Crippen molar-refractivity contribution in [3.05, 3.63) is 16.6 Å². The lowest BCUT2D eigenvalue weighted by atomic mass is 10.2. The van der Waals surface area contributed by atoms with Gasteiger partial charge in [0.25, 0.3) is 0 Å². The predicted molar refractivity (Wildman–Crippen MR) is 61.8 cm³/mol. The highest BCUT2D eigenvalue weighted by Crippen LogP contribution is 2.15. The van der Waals surface area contributed by atoms with Crippen LogP contribution in [0.3, 0.4) is 0 Å². The molecule has 84 valence electrons. The summed E-state index contributed by atoms with van der Waals surface area (Å²) in [5.41, 5.74) is 0. The second kappa shape index (κ2) is 5.23. The Hall–Kier alpha value is -0.940. The van der Waals surface area contributed by atoms with Gasteiger partial charge in [-0.2, -0.15) is 0 Å². The average molecular weight is 227 g/mol. The first-order chi connectivity index (χ1) is 7.02. The summed E-state index contributed by atoms with van der Waals surface area (Å²) in [6, 6.07) is -0.0669. The highest BCUT2D eigenvalue weighted by molar-refractivity contribution is 7.09. The zero-order valence-electron chi connectivity index (χ0n) is 9.52. The zero-order chi connectivity index (χ0) is 11.4. The molecule has 0 spiro atoms. The van der Waals surface area contributed by atoms with Gasteiger partial charge in [-0.3, -0.25) is 10.1 Å². The maximum absolute atomic E-state index is 11.6. The van der Waals surface area contributed by atoms with Crippen molar-refractivity contribution in [1.82, 2.24) is 15.2 Å². The lowest BCUT2D eigenvalue weighted by Crippen LogP contribution is -2.42. The summed E-state index contributed by atoms with van der Waals surface area (Å²) in [7, 11) is 3.52. The van der Waals surface area contributed by atoms with Crippen LogP contribution in [0.25, 0.3) is 0 Å². The largest absolute Gasteiger partial charge is 0.347 e. The van der Waals surface area contributed by atoms with Crippen molar-refractivity contribution in [2.45, 2.75) is 25.9 Å². The van der Waals surface area contributed by atoms with Gasteiger partial charge in [0.05, 0.1) is 12.1 Å². The standard InChI is InChI=1S/C10H17N3OS/c1-7(9-11-5-6-15-9)12-8(2)10(14)13(3)4/h5-8,12H,1-4H3. The van der Waals surface area contributed by atoms with E-state index in [0.29, 0.717) is 0 Å². The summed E-state index contributed by atoms with van der Waals surface area (Å²) in [4.78, 5) is 17.4. The third-order valence-electron chi connectivity index (χ3n) is 2.13. The maximum atomic E-state index is 11.6. The fourth-order valence-corrected chi connectivity index (χ4v) is 2.01. The third kappa shape index (κ3) is 3.28. The van der Waals surface area contributed by atoms with Crippen LogP contribution in [0.4, 0.5) is 0 Å². The smallest absolute Gasteiger partial charge is 0.238 e. The molecule has 2 atom stereocenters. The van der Waals surface area contributed by atoms with Crippen LogP contribution in [-0.4, -0.2) is 35.9 Å². The van der Waals surface area contributed by atoms with Gasteiger partial charge in [-0.1, -0.05) is 0 Å². The van der Waals surface area contributed by atoms with Crippen LogP contribution in [-0.2, 0) is 4.79 Å². The Morgan fingerprint density at radius 3 is 2.67 bits per heavy atom. The van der Waals surface area contributed by atoms with Crippen LogP contribution in [0, 0.1) is 0 Å². The number of thiazole rings is 1. The highest BCUT2D eigenvalue weighted by Gasteiger charge is 2.18. The van der Waals surface area contributed by atoms with E-state index in [4.69, 9.17) is 0 Å². The molecule has 1 aromatic rings. The number of hydrogen-bond donors (Lipinski definition) is 1. The molecule has 0 aliphatic carbocycles. The van der Waals surface area contributed by atoms with E-state index in [1.54, 1.807) is 36.5 Å². The summed E-state index contributed by atoms with van der Waals surface area (Å²) in [6.07, 6.45) is 1.77. The minimum absolute atomic E-state index is 0.0819. The molecular formula is C10H17N3OS. The van der Waals surface area contributed by atoms with Crippen molar-refractivity contribution in [2.24, 2.45) is 0 Å². The molecule has 15 heavy (non-hydrogen) atoms. The molecule has 0 saturated carbocycles. The molecule has 1 rings (SSSR count). The topological polar surface area (TPSA) is 45.2 Å². The molecule has 0 fully saturated rings. The summed E-state index contributed by atoms with van der Waals surface area (Å²) in [5, 5.41) is 6.16. The number of carbonyl (C=O) groups is 1. The van der Waals surface area contributed by atoms with E-state index in [0.717, 1.165) is 5.01 Å². The van der Waals surface area contributed by atoms with Crippen LogP contribution in [0.5, 0.6) is 0 Å². The van der Waals surface area contributed by atoms with Gasteiger partial charge in [0.2, 0.25) is 5.91 Å². The molecule has 2 unspecified atom stereocenters. The molecule has 1 aromatic heterocycles. The second-order valence-corrected chi connectivity index (χ2v) is 4.64. The van der Waals surface area contributed by atoms with Gasteiger partial charge in [-0.05, 0) is 13.8 Å². The first-order valence-electron chi connectivity index (χ1n) is 4.89. The van der Waals surface area contributed by atoms with Crippen molar-refractivity contribution < 1.29 is 4.79 Å². The van der Waals surface area contributed by atoms with Crippen molar-refractivity contribution in [2.75, 3.05) is 14.1 Å². The van der Waals surface area contributed by atoms with Crippen molar-refractivity contribution in [3.8, 4) is 0 Å². The van der Waals surface area contributed by atoms with Gasteiger partial charge in [-0.25, -0.2) is 4.98 Å². The van der Waals surface area contributed by atoms with Crippen LogP contribution >= 0.6 is 11.3 Å². The van der Waals surface area contributed by atoms with Gasteiger partial charge in [0, 0.05) is 25.7 Å². The molecule has 0 bridgehead atoms. The molecule has 5 heteroatoms. The lowest BCUT2D eigenvalue weighted by Gasteiger charge is -2.20. The van der Waals surface area contributed by atoms with E-state index in [1.807, 2.05) is 19.2 Å². The molecule has 0 aliphatic rings. The second-order valence-electron chi connectivity index (χ2n) is 3.71. The van der Waals surface area contributed by atoms with E-state index >= 15 is 0 Å². The van der Waals surface area contributed by atoms with Gasteiger partial charge in [0.15, 0.2) is 0 Å². The lowest BCUT2D eigenvalue weighted by molar-refractivity contribution is -0.130. The summed E-state index contributed by atoms with van der Waals surface area (Å²) < 4.78 is 0. The molecule has 1 heterocycles. The maximum Gasteiger partial charge on any atom is 0.238 e. The molecule has 0 saturated heterocycles. The first kappa shape index (κ1) is 12.1. The Balaban J connectivity index is 2.52. The number of nitrogens with zero attached hydrogens (tertiary/aromatic N) is 2. The fourth-order valence-electron chi connectivity index (χ4n) is 1.35. The van der Waals surface area contributed by atoms with E-state index in [-0.39, 0.29) is 18.0 Å². The first-order valence-corrected chi connectivity index (χ1v) is 5.77. The number of amides is 1. The predicted octanol–water partition coefficient (Wildman–Crippen LogP) is 1.27. The SMILES string of the molecule is CC(NC(C)c1nccs1)C(=O)N(C)C. The Bertz CT molecular complexity index is 310. The van der Waals surface area contributed by atoms with E-state index in [1.165, 1.54) is 0 Å². The number of nitrogens with one attached hydrogen (secondary N) is 1. The fraction of sp³-hybridized carbons (Fsp3) is 0.600. The Morgan fingerprint density at radius 1 is 1.53 bits per heavy atom. The minimum Gasteiger partial charge on any atom is -0.347 e. The highest BCUT2D eigenvalue weighted by atomic mass is 32.1. The minimum atomic E-state index is -0.182. The van der Waals surface area contributed by atoms with Crippen molar-refractivity contribution in [1.29, 1.82) is 0 Å². The molecule has 4 nitrogen and oxygen atoms in total. The van der Waals surface area contributed by atoms with Crippen LogP contribution in [0.2, 0.25) is 0 Å². The van der Waals surface area contributed by atoms with Crippen LogP contribution < -0.4 is 5.32 Å². The molecule has 0 aliphatic heterocycles. The van der Waals surface area contributed by atoms with Gasteiger partial charge in [0.1, 0.15) is 5.01 Å². The molecule has 0 aromatic carbocycles. The molecule has 1 N–H and O–H groups in total. The van der Waals surface area contributed by atoms with Crippen LogP contribution in [0.1, 0.15) is 24.9 Å². The van der Waals surface area contributed by atoms with Crippen molar-refractivity contribution in [3.63, 3.8) is 0 Å². The number of hydrogen-bond acceptors (Lipinski definition) is 4. The van der Waals surface area contributed by atoms with Crippen LogP contribution in [0.15, 0.2) is 11.6 Å². The Kier molecular flexibility index (Phi) is 4.23. The van der Waals surface area contributed by atoms with Gasteiger partial charge >= 0.3 is 0 Å². The van der Waals surface area contributed by atoms with E-state index in [2.05, 4.69) is 10.3 Å². The summed E-state index contributed by atoms with van der Waals surface area (Å²) >= 11 is 1.59. The van der Waals surface area contributed by atoms with E-state index in [9.17, 15) is 4.79 Å². The number of aromatic nitrogens is 1. The number of carbonyl (C=O) groups excluding carboxylic acids is 1. The van der Waals surface area contributed by atoms with E-state index < -0.39 is 0 Å². The number of likely N-dealkylation sites (N-methyl/N-ethyl adjacent to an activating group) is 1. The molecular weight excluding hydrogens is 210 g/mol. The third-order valence-corrected chi connectivity index (χ3v) is 3.09. The number of rotatable bonds is 4. The van der Waals surface area contributed by atoms with Gasteiger partial charge < -0.3 is 4.90 Å². The van der Waals surface area contributed by atoms with Crippen molar-refractivity contribution >= 4 is 17.2 Å². The summed E-state index contributed by atoms with van der Waals surface area (Å²) in [6.45, 7) is 3.88. The zero-order valence-corrected chi connectivity index (χ0v) is 10.3. The molecule has 0 radical (unpaired) electrons. The summed E-state index contributed by atoms with van der Waals surface area (Å²) in [5.74, 6) is 0.0819. The monoisotopic (exact) mass is 227 g/mol.